The summed E-state index contributed by atoms with van der Waals surface area (Å²) in [5.74, 6) is -0.127. The van der Waals surface area contributed by atoms with Gasteiger partial charge in [-0.15, -0.1) is 5.10 Å². The van der Waals surface area contributed by atoms with Gasteiger partial charge in [-0.3, -0.25) is 9.59 Å². The minimum absolute atomic E-state index is 0.115. The Kier molecular flexibility index (Phi) is 6.29. The Bertz CT molecular complexity index is 1060. The van der Waals surface area contributed by atoms with Gasteiger partial charge in [-0.05, 0) is 38.3 Å². The maximum atomic E-state index is 12.4. The average molecular weight is 410 g/mol. The summed E-state index contributed by atoms with van der Waals surface area (Å²) in [5, 5.41) is 4.12. The fourth-order valence-corrected chi connectivity index (χ4v) is 3.30. The van der Waals surface area contributed by atoms with Crippen LogP contribution in [-0.2, 0) is 20.7 Å². The zero-order valence-electron chi connectivity index (χ0n) is 17.6. The summed E-state index contributed by atoms with van der Waals surface area (Å²) >= 11 is 0. The number of esters is 1. The van der Waals surface area contributed by atoms with Crippen LogP contribution in [0.25, 0.3) is 5.78 Å². The topological polar surface area (TPSA) is 116 Å². The van der Waals surface area contributed by atoms with E-state index in [-0.39, 0.29) is 30.9 Å². The molecule has 2 heterocycles. The number of hydrogen-bond acceptors (Lipinski definition) is 7. The van der Waals surface area contributed by atoms with Gasteiger partial charge in [-0.25, -0.2) is 4.98 Å². The molecule has 9 nitrogen and oxygen atoms in total. The first-order chi connectivity index (χ1) is 14.3. The number of fused-ring (bicyclic) bond motifs is 1. The SMILES string of the molecule is Cc1nc2nc(N)nn2c(C)c1CCC(=O)OCC(=O)N(C)[C@@H](C)c1ccccc1. The van der Waals surface area contributed by atoms with Crippen molar-refractivity contribution in [2.75, 3.05) is 19.4 Å². The third kappa shape index (κ3) is 4.56. The molecule has 0 aliphatic rings. The van der Waals surface area contributed by atoms with E-state index in [9.17, 15) is 9.59 Å². The molecular weight excluding hydrogens is 384 g/mol. The number of amides is 1. The second kappa shape index (κ2) is 8.89. The lowest BCUT2D eigenvalue weighted by Crippen LogP contribution is -2.33. The van der Waals surface area contributed by atoms with Crippen LogP contribution in [0.2, 0.25) is 0 Å². The number of anilines is 1. The molecule has 1 aromatic carbocycles. The first-order valence-corrected chi connectivity index (χ1v) is 9.72. The summed E-state index contributed by atoms with van der Waals surface area (Å²) < 4.78 is 6.76. The van der Waals surface area contributed by atoms with Crippen LogP contribution in [0.15, 0.2) is 30.3 Å². The molecular formula is C21H26N6O3. The van der Waals surface area contributed by atoms with Crippen molar-refractivity contribution >= 4 is 23.6 Å². The first kappa shape index (κ1) is 21.2. The maximum absolute atomic E-state index is 12.4. The van der Waals surface area contributed by atoms with E-state index in [1.807, 2.05) is 51.1 Å². The van der Waals surface area contributed by atoms with E-state index in [0.29, 0.717) is 12.2 Å². The molecule has 0 fully saturated rings. The van der Waals surface area contributed by atoms with Gasteiger partial charge in [0, 0.05) is 24.9 Å². The van der Waals surface area contributed by atoms with Crippen LogP contribution in [-0.4, -0.2) is 50.0 Å². The van der Waals surface area contributed by atoms with Crippen molar-refractivity contribution in [1.82, 2.24) is 24.5 Å². The van der Waals surface area contributed by atoms with Crippen molar-refractivity contribution < 1.29 is 14.3 Å². The third-order valence-electron chi connectivity index (χ3n) is 5.26. The number of hydrogen-bond donors (Lipinski definition) is 1. The van der Waals surface area contributed by atoms with Crippen LogP contribution in [0.1, 0.15) is 41.9 Å². The standard InChI is InChI=1S/C21H26N6O3/c1-13-17(15(3)27-21(23-13)24-20(22)25-27)10-11-19(29)30-12-18(28)26(4)14(2)16-8-6-5-7-9-16/h5-9,14H,10-12H2,1-4H3,(H2,22,25)/t14-/m0/s1. The zero-order chi connectivity index (χ0) is 21.8. The highest BCUT2D eigenvalue weighted by molar-refractivity contribution is 5.80. The van der Waals surface area contributed by atoms with Crippen molar-refractivity contribution in [1.29, 1.82) is 0 Å². The number of nitrogens with zero attached hydrogens (tertiary/aromatic N) is 5. The molecule has 0 unspecified atom stereocenters. The predicted octanol–water partition coefficient (Wildman–Crippen LogP) is 2.02. The van der Waals surface area contributed by atoms with Crippen LogP contribution in [0.5, 0.6) is 0 Å². The summed E-state index contributed by atoms with van der Waals surface area (Å²) in [4.78, 5) is 34.6. The fourth-order valence-electron chi connectivity index (χ4n) is 3.30. The molecule has 9 heteroatoms. The Morgan fingerprint density at radius 3 is 2.60 bits per heavy atom. The minimum atomic E-state index is -0.443. The van der Waals surface area contributed by atoms with E-state index in [1.54, 1.807) is 16.5 Å². The van der Waals surface area contributed by atoms with E-state index >= 15 is 0 Å². The molecule has 2 aromatic heterocycles. The quantitative estimate of drug-likeness (QED) is 0.592. The molecule has 0 aliphatic heterocycles. The van der Waals surface area contributed by atoms with Gasteiger partial charge in [-0.2, -0.15) is 9.50 Å². The molecule has 30 heavy (non-hydrogen) atoms. The summed E-state index contributed by atoms with van der Waals surface area (Å²) in [6, 6.07) is 9.57. The smallest absolute Gasteiger partial charge is 0.306 e. The number of carbonyl (C=O) groups is 2. The van der Waals surface area contributed by atoms with Crippen LogP contribution in [0, 0.1) is 13.8 Å². The Labute approximate surface area is 174 Å². The Morgan fingerprint density at radius 1 is 1.20 bits per heavy atom. The van der Waals surface area contributed by atoms with Gasteiger partial charge in [0.15, 0.2) is 6.61 Å². The molecule has 0 spiro atoms. The minimum Gasteiger partial charge on any atom is -0.456 e. The number of likely N-dealkylation sites (N-methyl/N-ethyl adjacent to an activating group) is 1. The molecule has 3 rings (SSSR count). The van der Waals surface area contributed by atoms with Gasteiger partial charge in [0.25, 0.3) is 11.7 Å². The van der Waals surface area contributed by atoms with E-state index in [1.165, 1.54) is 0 Å². The fraction of sp³-hybridized carbons (Fsp3) is 0.381. The van der Waals surface area contributed by atoms with Gasteiger partial charge in [0.05, 0.1) is 6.04 Å². The summed E-state index contributed by atoms with van der Waals surface area (Å²) in [7, 11) is 1.70. The molecule has 3 aromatic rings. The lowest BCUT2D eigenvalue weighted by Gasteiger charge is -2.25. The Balaban J connectivity index is 1.55. The lowest BCUT2D eigenvalue weighted by atomic mass is 10.1. The number of aryl methyl sites for hydroxylation is 2. The van der Waals surface area contributed by atoms with Gasteiger partial charge >= 0.3 is 5.97 Å². The van der Waals surface area contributed by atoms with Gasteiger partial charge in [-0.1, -0.05) is 30.3 Å². The van der Waals surface area contributed by atoms with Crippen molar-refractivity contribution in [2.45, 2.75) is 39.7 Å². The van der Waals surface area contributed by atoms with E-state index in [4.69, 9.17) is 10.5 Å². The zero-order valence-corrected chi connectivity index (χ0v) is 17.6. The average Bonchev–Trinajstić information content (AvgIpc) is 3.11. The molecule has 2 N–H and O–H groups in total. The van der Waals surface area contributed by atoms with Crippen molar-refractivity contribution in [3.63, 3.8) is 0 Å². The number of nitrogen functional groups attached to an aromatic ring is 1. The normalized spacial score (nSPS) is 12.0. The van der Waals surface area contributed by atoms with Crippen LogP contribution in [0.3, 0.4) is 0 Å². The monoisotopic (exact) mass is 410 g/mol. The second-order valence-electron chi connectivity index (χ2n) is 7.19. The number of aromatic nitrogens is 4. The highest BCUT2D eigenvalue weighted by atomic mass is 16.5. The predicted molar refractivity (Wildman–Crippen MR) is 112 cm³/mol. The van der Waals surface area contributed by atoms with Gasteiger partial charge in [0.2, 0.25) is 5.95 Å². The van der Waals surface area contributed by atoms with Crippen molar-refractivity contribution in [3.05, 3.63) is 52.8 Å². The third-order valence-corrected chi connectivity index (χ3v) is 5.26. The molecule has 158 valence electrons. The largest absolute Gasteiger partial charge is 0.456 e. The van der Waals surface area contributed by atoms with E-state index < -0.39 is 5.97 Å². The van der Waals surface area contributed by atoms with Gasteiger partial charge < -0.3 is 15.4 Å². The number of ether oxygens (including phenoxy) is 1. The molecule has 0 saturated carbocycles. The Morgan fingerprint density at radius 2 is 1.90 bits per heavy atom. The highest BCUT2D eigenvalue weighted by Gasteiger charge is 2.19. The molecule has 1 atom stereocenters. The van der Waals surface area contributed by atoms with Crippen molar-refractivity contribution in [2.24, 2.45) is 0 Å². The Hall–Kier alpha value is -3.49. The van der Waals surface area contributed by atoms with Crippen molar-refractivity contribution in [3.8, 4) is 0 Å². The molecule has 0 aliphatic carbocycles. The van der Waals surface area contributed by atoms with Crippen LogP contribution in [0.4, 0.5) is 5.95 Å². The summed E-state index contributed by atoms with van der Waals surface area (Å²) in [6.07, 6.45) is 0.550. The second-order valence-corrected chi connectivity index (χ2v) is 7.19. The number of carbonyl (C=O) groups excluding carboxylic acids is 2. The van der Waals surface area contributed by atoms with Crippen LogP contribution >= 0.6 is 0 Å². The maximum Gasteiger partial charge on any atom is 0.306 e. The van der Waals surface area contributed by atoms with Crippen LogP contribution < -0.4 is 5.73 Å². The molecule has 1 amide bonds. The highest BCUT2D eigenvalue weighted by Crippen LogP contribution is 2.19. The molecule has 0 radical (unpaired) electrons. The molecule has 0 saturated heterocycles. The number of rotatable bonds is 7. The first-order valence-electron chi connectivity index (χ1n) is 9.72. The number of nitrogens with two attached hydrogens (primary N) is 1. The molecule has 0 bridgehead atoms. The summed E-state index contributed by atoms with van der Waals surface area (Å²) in [6.45, 7) is 5.37. The summed E-state index contributed by atoms with van der Waals surface area (Å²) in [5.41, 5.74) is 9.11. The number of benzene rings is 1. The van der Waals surface area contributed by atoms with E-state index in [0.717, 1.165) is 22.5 Å². The lowest BCUT2D eigenvalue weighted by molar-refractivity contribution is -0.152. The van der Waals surface area contributed by atoms with Gasteiger partial charge in [0.1, 0.15) is 0 Å². The van der Waals surface area contributed by atoms with E-state index in [2.05, 4.69) is 15.1 Å².